The van der Waals surface area contributed by atoms with E-state index in [9.17, 15) is 0 Å². The van der Waals surface area contributed by atoms with Gasteiger partial charge in [0.05, 0.1) is 6.61 Å². The van der Waals surface area contributed by atoms with Crippen LogP contribution in [0.25, 0.3) is 0 Å². The van der Waals surface area contributed by atoms with Gasteiger partial charge in [0.25, 0.3) is 0 Å². The largest absolute Gasteiger partial charge is 0.490 e. The second-order valence-corrected chi connectivity index (χ2v) is 6.79. The molecule has 1 aromatic heterocycles. The van der Waals surface area contributed by atoms with Crippen LogP contribution in [-0.2, 0) is 13.2 Å². The minimum Gasteiger partial charge on any atom is -0.490 e. The molecule has 142 valence electrons. The van der Waals surface area contributed by atoms with Crippen molar-refractivity contribution in [1.82, 2.24) is 15.2 Å². The SMILES string of the molecule is CCOc1cc(CNc2ncn[nH]2)c(Cl)cc1OCc1ccc(Cl)cc1Cl. The monoisotopic (exact) mass is 426 g/mol. The maximum Gasteiger partial charge on any atom is 0.218 e. The number of aromatic nitrogens is 3. The van der Waals surface area contributed by atoms with Crippen molar-refractivity contribution in [3.05, 3.63) is 62.9 Å². The van der Waals surface area contributed by atoms with E-state index in [-0.39, 0.29) is 6.61 Å². The standard InChI is InChI=1S/C18H17Cl3N4O2/c1-2-26-16-5-12(8-22-18-23-10-24-25-18)15(21)7-17(16)27-9-11-3-4-13(19)6-14(11)20/h3-7,10H,2,8-9H2,1H3,(H2,22,23,24,25). The molecule has 3 rings (SSSR count). The normalized spacial score (nSPS) is 10.7. The summed E-state index contributed by atoms with van der Waals surface area (Å²) in [4.78, 5) is 4.02. The van der Waals surface area contributed by atoms with Gasteiger partial charge in [-0.05, 0) is 30.7 Å². The molecule has 0 saturated heterocycles. The molecule has 0 radical (unpaired) electrons. The van der Waals surface area contributed by atoms with Crippen LogP contribution in [-0.4, -0.2) is 21.8 Å². The van der Waals surface area contributed by atoms with Gasteiger partial charge in [-0.25, -0.2) is 10.1 Å². The van der Waals surface area contributed by atoms with Crippen molar-refractivity contribution in [3.8, 4) is 11.5 Å². The molecule has 6 nitrogen and oxygen atoms in total. The Kier molecular flexibility index (Phi) is 6.66. The Bertz CT molecular complexity index is 904. The smallest absolute Gasteiger partial charge is 0.218 e. The zero-order valence-electron chi connectivity index (χ0n) is 14.4. The molecule has 9 heteroatoms. The van der Waals surface area contributed by atoms with Gasteiger partial charge in [-0.2, -0.15) is 5.10 Å². The molecule has 0 unspecified atom stereocenters. The minimum absolute atomic E-state index is 0.266. The predicted octanol–water partition coefficient (Wildman–Crippen LogP) is 5.35. The molecule has 0 saturated carbocycles. The fourth-order valence-corrected chi connectivity index (χ4v) is 3.04. The highest BCUT2D eigenvalue weighted by atomic mass is 35.5. The van der Waals surface area contributed by atoms with Crippen LogP contribution in [0, 0.1) is 0 Å². The summed E-state index contributed by atoms with van der Waals surface area (Å²) in [5.41, 5.74) is 1.66. The number of aromatic amines is 1. The maximum atomic E-state index is 6.41. The number of nitrogens with zero attached hydrogens (tertiary/aromatic N) is 2. The Hall–Kier alpha value is -2.15. The Morgan fingerprint density at radius 1 is 1.00 bits per heavy atom. The molecule has 0 aliphatic rings. The number of nitrogens with one attached hydrogen (secondary N) is 2. The van der Waals surface area contributed by atoms with Gasteiger partial charge < -0.3 is 14.8 Å². The number of hydrogen-bond donors (Lipinski definition) is 2. The van der Waals surface area contributed by atoms with E-state index < -0.39 is 0 Å². The Morgan fingerprint density at radius 2 is 1.78 bits per heavy atom. The molecular weight excluding hydrogens is 411 g/mol. The third-order valence-corrected chi connectivity index (χ3v) is 4.61. The molecule has 0 atom stereocenters. The van der Waals surface area contributed by atoms with Crippen LogP contribution in [0.4, 0.5) is 5.95 Å². The van der Waals surface area contributed by atoms with E-state index in [4.69, 9.17) is 44.3 Å². The summed E-state index contributed by atoms with van der Waals surface area (Å²) in [6.45, 7) is 3.12. The summed E-state index contributed by atoms with van der Waals surface area (Å²) in [5.74, 6) is 1.69. The first kappa shape index (κ1) is 19.6. The van der Waals surface area contributed by atoms with Crippen molar-refractivity contribution in [2.75, 3.05) is 11.9 Å². The number of rotatable bonds is 8. The van der Waals surface area contributed by atoms with E-state index in [1.165, 1.54) is 6.33 Å². The lowest BCUT2D eigenvalue weighted by molar-refractivity contribution is 0.269. The van der Waals surface area contributed by atoms with Crippen LogP contribution in [0.1, 0.15) is 18.1 Å². The van der Waals surface area contributed by atoms with Crippen LogP contribution >= 0.6 is 34.8 Å². The highest BCUT2D eigenvalue weighted by Gasteiger charge is 2.13. The van der Waals surface area contributed by atoms with Crippen LogP contribution < -0.4 is 14.8 Å². The Labute approximate surface area is 171 Å². The number of halogens is 3. The number of ether oxygens (including phenoxy) is 2. The Balaban J connectivity index is 1.76. The van der Waals surface area contributed by atoms with Crippen LogP contribution in [0.2, 0.25) is 15.1 Å². The van der Waals surface area contributed by atoms with Gasteiger partial charge in [0, 0.05) is 33.2 Å². The summed E-state index contributed by atoms with van der Waals surface area (Å²) >= 11 is 18.5. The molecular formula is C18H17Cl3N4O2. The second-order valence-electron chi connectivity index (χ2n) is 5.54. The number of hydrogen-bond acceptors (Lipinski definition) is 5. The molecule has 27 heavy (non-hydrogen) atoms. The van der Waals surface area contributed by atoms with Crippen molar-refractivity contribution >= 4 is 40.8 Å². The van der Waals surface area contributed by atoms with Crippen molar-refractivity contribution in [1.29, 1.82) is 0 Å². The first-order valence-corrected chi connectivity index (χ1v) is 9.31. The van der Waals surface area contributed by atoms with E-state index in [1.54, 1.807) is 18.2 Å². The highest BCUT2D eigenvalue weighted by molar-refractivity contribution is 6.35. The molecule has 0 spiro atoms. The Morgan fingerprint density at radius 3 is 2.48 bits per heavy atom. The quantitative estimate of drug-likeness (QED) is 0.506. The zero-order chi connectivity index (χ0) is 19.2. The molecule has 0 amide bonds. The average molecular weight is 428 g/mol. The molecule has 0 aliphatic carbocycles. The number of benzene rings is 2. The second kappa shape index (κ2) is 9.17. The zero-order valence-corrected chi connectivity index (χ0v) is 16.7. The minimum atomic E-state index is 0.266. The summed E-state index contributed by atoms with van der Waals surface area (Å²) in [6.07, 6.45) is 1.42. The highest BCUT2D eigenvalue weighted by Crippen LogP contribution is 2.35. The fraction of sp³-hybridized carbons (Fsp3) is 0.222. The van der Waals surface area contributed by atoms with Gasteiger partial charge in [0.15, 0.2) is 11.5 Å². The fourth-order valence-electron chi connectivity index (χ4n) is 2.36. The van der Waals surface area contributed by atoms with Crippen molar-refractivity contribution in [3.63, 3.8) is 0 Å². The third-order valence-electron chi connectivity index (χ3n) is 3.67. The van der Waals surface area contributed by atoms with Gasteiger partial charge in [-0.1, -0.05) is 40.9 Å². The van der Waals surface area contributed by atoms with Crippen molar-refractivity contribution in [2.45, 2.75) is 20.1 Å². The van der Waals surface area contributed by atoms with E-state index >= 15 is 0 Å². The summed E-state index contributed by atoms with van der Waals surface area (Å²) < 4.78 is 11.6. The maximum absolute atomic E-state index is 6.41. The summed E-state index contributed by atoms with van der Waals surface area (Å²) in [6, 6.07) is 8.83. The van der Waals surface area contributed by atoms with Crippen molar-refractivity contribution in [2.24, 2.45) is 0 Å². The van der Waals surface area contributed by atoms with Gasteiger partial charge >= 0.3 is 0 Å². The number of H-pyrrole nitrogens is 1. The molecule has 3 aromatic rings. The van der Waals surface area contributed by atoms with Gasteiger partial charge in [-0.3, -0.25) is 0 Å². The molecule has 0 aliphatic heterocycles. The lowest BCUT2D eigenvalue weighted by Gasteiger charge is -2.15. The lowest BCUT2D eigenvalue weighted by atomic mass is 10.2. The topological polar surface area (TPSA) is 72.1 Å². The molecule has 0 bridgehead atoms. The van der Waals surface area contributed by atoms with E-state index in [0.29, 0.717) is 45.7 Å². The lowest BCUT2D eigenvalue weighted by Crippen LogP contribution is -2.05. The average Bonchev–Trinajstić information content (AvgIpc) is 3.15. The molecule has 2 N–H and O–H groups in total. The van der Waals surface area contributed by atoms with Gasteiger partial charge in [0.2, 0.25) is 5.95 Å². The molecule has 2 aromatic carbocycles. The first-order chi connectivity index (χ1) is 13.1. The molecule has 0 fully saturated rings. The van der Waals surface area contributed by atoms with E-state index in [2.05, 4.69) is 20.5 Å². The van der Waals surface area contributed by atoms with Crippen LogP contribution in [0.5, 0.6) is 11.5 Å². The van der Waals surface area contributed by atoms with Gasteiger partial charge in [0.1, 0.15) is 12.9 Å². The van der Waals surface area contributed by atoms with Crippen molar-refractivity contribution < 1.29 is 9.47 Å². The summed E-state index contributed by atoms with van der Waals surface area (Å²) in [5, 5.41) is 11.3. The summed E-state index contributed by atoms with van der Waals surface area (Å²) in [7, 11) is 0. The van der Waals surface area contributed by atoms with Gasteiger partial charge in [-0.15, -0.1) is 0 Å². The van der Waals surface area contributed by atoms with E-state index in [1.807, 2.05) is 19.1 Å². The van der Waals surface area contributed by atoms with Crippen LogP contribution in [0.15, 0.2) is 36.7 Å². The predicted molar refractivity (Wildman–Crippen MR) is 107 cm³/mol. The van der Waals surface area contributed by atoms with Crippen LogP contribution in [0.3, 0.4) is 0 Å². The number of anilines is 1. The van der Waals surface area contributed by atoms with E-state index in [0.717, 1.165) is 11.1 Å². The first-order valence-electron chi connectivity index (χ1n) is 8.18. The molecule has 1 heterocycles. The third kappa shape index (κ3) is 5.19.